The third-order valence-electron chi connectivity index (χ3n) is 5.22. The standard InChI is InChI=1S/C16H28O4/c17-10-13-4-6-14(7-5-13)11-20-15(19)16(12-18)8-2-1-3-9-16/h13-14,17-18H,1-12H2. The maximum Gasteiger partial charge on any atom is 0.314 e. The van der Waals surface area contributed by atoms with Gasteiger partial charge in [0.05, 0.1) is 18.6 Å². The SMILES string of the molecule is O=C(OCC1CCC(CO)CC1)C1(CO)CCCCC1. The van der Waals surface area contributed by atoms with E-state index in [0.29, 0.717) is 18.4 Å². The van der Waals surface area contributed by atoms with Crippen molar-refractivity contribution in [2.45, 2.75) is 57.8 Å². The minimum Gasteiger partial charge on any atom is -0.465 e. The van der Waals surface area contributed by atoms with Gasteiger partial charge in [-0.1, -0.05) is 19.3 Å². The van der Waals surface area contributed by atoms with Crippen molar-refractivity contribution in [2.75, 3.05) is 19.8 Å². The molecule has 0 saturated heterocycles. The number of hydrogen-bond acceptors (Lipinski definition) is 4. The first-order valence-corrected chi connectivity index (χ1v) is 8.09. The van der Waals surface area contributed by atoms with E-state index in [4.69, 9.17) is 9.84 Å². The Morgan fingerprint density at radius 1 is 1.00 bits per heavy atom. The van der Waals surface area contributed by atoms with E-state index in [9.17, 15) is 9.90 Å². The molecular weight excluding hydrogens is 256 g/mol. The fraction of sp³-hybridized carbons (Fsp3) is 0.938. The molecule has 0 aromatic heterocycles. The van der Waals surface area contributed by atoms with Crippen LogP contribution in [0.25, 0.3) is 0 Å². The van der Waals surface area contributed by atoms with Crippen molar-refractivity contribution in [3.63, 3.8) is 0 Å². The van der Waals surface area contributed by atoms with Crippen LogP contribution in [0.4, 0.5) is 0 Å². The third-order valence-corrected chi connectivity index (χ3v) is 5.22. The molecule has 0 amide bonds. The van der Waals surface area contributed by atoms with E-state index in [1.807, 2.05) is 0 Å². The van der Waals surface area contributed by atoms with E-state index in [1.54, 1.807) is 0 Å². The van der Waals surface area contributed by atoms with Gasteiger partial charge in [0.2, 0.25) is 0 Å². The average molecular weight is 284 g/mol. The van der Waals surface area contributed by atoms with E-state index in [0.717, 1.165) is 57.8 Å². The van der Waals surface area contributed by atoms with Crippen molar-refractivity contribution in [2.24, 2.45) is 17.3 Å². The molecular formula is C16H28O4. The number of esters is 1. The first kappa shape index (κ1) is 15.8. The number of carbonyl (C=O) groups excluding carboxylic acids is 1. The van der Waals surface area contributed by atoms with E-state index in [1.165, 1.54) is 0 Å². The van der Waals surface area contributed by atoms with Crippen molar-refractivity contribution in [1.82, 2.24) is 0 Å². The Morgan fingerprint density at radius 3 is 2.15 bits per heavy atom. The number of aliphatic hydroxyl groups excluding tert-OH is 2. The Balaban J connectivity index is 1.77. The van der Waals surface area contributed by atoms with Gasteiger partial charge in [-0.3, -0.25) is 4.79 Å². The summed E-state index contributed by atoms with van der Waals surface area (Å²) < 4.78 is 5.52. The Labute approximate surface area is 121 Å². The molecule has 2 N–H and O–H groups in total. The first-order valence-electron chi connectivity index (χ1n) is 8.09. The molecule has 2 aliphatic carbocycles. The molecule has 0 aromatic rings. The quantitative estimate of drug-likeness (QED) is 0.760. The summed E-state index contributed by atoms with van der Waals surface area (Å²) in [5, 5.41) is 18.7. The molecule has 20 heavy (non-hydrogen) atoms. The fourth-order valence-corrected chi connectivity index (χ4v) is 3.58. The van der Waals surface area contributed by atoms with Crippen LogP contribution in [0.5, 0.6) is 0 Å². The van der Waals surface area contributed by atoms with Gasteiger partial charge in [0.15, 0.2) is 0 Å². The van der Waals surface area contributed by atoms with Gasteiger partial charge in [0.25, 0.3) is 0 Å². The summed E-state index contributed by atoms with van der Waals surface area (Å²) in [6.45, 7) is 0.682. The topological polar surface area (TPSA) is 66.8 Å². The zero-order valence-corrected chi connectivity index (χ0v) is 12.4. The van der Waals surface area contributed by atoms with Crippen molar-refractivity contribution in [3.05, 3.63) is 0 Å². The highest BCUT2D eigenvalue weighted by Crippen LogP contribution is 2.37. The van der Waals surface area contributed by atoms with Crippen molar-refractivity contribution in [1.29, 1.82) is 0 Å². The van der Waals surface area contributed by atoms with Gasteiger partial charge in [0, 0.05) is 6.61 Å². The summed E-state index contributed by atoms with van der Waals surface area (Å²) in [5.41, 5.74) is -0.624. The first-order chi connectivity index (χ1) is 9.70. The number of aliphatic hydroxyl groups is 2. The summed E-state index contributed by atoms with van der Waals surface area (Å²) >= 11 is 0. The molecule has 0 radical (unpaired) electrons. The highest BCUT2D eigenvalue weighted by molar-refractivity contribution is 5.77. The second-order valence-corrected chi connectivity index (χ2v) is 6.67. The van der Waals surface area contributed by atoms with Crippen LogP contribution in [0, 0.1) is 17.3 Å². The van der Waals surface area contributed by atoms with Crippen LogP contribution in [-0.2, 0) is 9.53 Å². The lowest BCUT2D eigenvalue weighted by atomic mass is 9.74. The highest BCUT2D eigenvalue weighted by atomic mass is 16.5. The Morgan fingerprint density at radius 2 is 1.60 bits per heavy atom. The zero-order valence-electron chi connectivity index (χ0n) is 12.4. The summed E-state index contributed by atoms with van der Waals surface area (Å²) in [6, 6.07) is 0. The van der Waals surface area contributed by atoms with Crippen molar-refractivity contribution < 1.29 is 19.7 Å². The monoisotopic (exact) mass is 284 g/mol. The van der Waals surface area contributed by atoms with E-state index in [-0.39, 0.29) is 19.2 Å². The molecule has 4 nitrogen and oxygen atoms in total. The van der Waals surface area contributed by atoms with Crippen LogP contribution in [0.15, 0.2) is 0 Å². The van der Waals surface area contributed by atoms with Gasteiger partial charge in [0.1, 0.15) is 0 Å². The van der Waals surface area contributed by atoms with Crippen LogP contribution < -0.4 is 0 Å². The van der Waals surface area contributed by atoms with Crippen molar-refractivity contribution in [3.8, 4) is 0 Å². The molecule has 0 aliphatic heterocycles. The number of ether oxygens (including phenoxy) is 1. The number of hydrogen-bond donors (Lipinski definition) is 2. The molecule has 2 rings (SSSR count). The third kappa shape index (κ3) is 3.73. The Hall–Kier alpha value is -0.610. The maximum absolute atomic E-state index is 12.3. The van der Waals surface area contributed by atoms with Crippen LogP contribution in [0.2, 0.25) is 0 Å². The smallest absolute Gasteiger partial charge is 0.314 e. The molecule has 0 atom stereocenters. The second kappa shape index (κ2) is 7.41. The predicted molar refractivity (Wildman–Crippen MR) is 76.1 cm³/mol. The molecule has 0 unspecified atom stereocenters. The van der Waals surface area contributed by atoms with Gasteiger partial charge in [-0.05, 0) is 50.4 Å². The average Bonchev–Trinajstić information content (AvgIpc) is 2.53. The van der Waals surface area contributed by atoms with Gasteiger partial charge < -0.3 is 14.9 Å². The van der Waals surface area contributed by atoms with E-state index in [2.05, 4.69) is 0 Å². The predicted octanol–water partition coefficient (Wildman–Crippen LogP) is 2.27. The van der Waals surface area contributed by atoms with Gasteiger partial charge in [-0.2, -0.15) is 0 Å². The lowest BCUT2D eigenvalue weighted by Crippen LogP contribution is -2.39. The maximum atomic E-state index is 12.3. The highest BCUT2D eigenvalue weighted by Gasteiger charge is 2.40. The minimum atomic E-state index is -0.624. The summed E-state index contributed by atoms with van der Waals surface area (Å²) in [5.74, 6) is 0.675. The fourth-order valence-electron chi connectivity index (χ4n) is 3.58. The lowest BCUT2D eigenvalue weighted by Gasteiger charge is -2.34. The molecule has 0 spiro atoms. The molecule has 0 bridgehead atoms. The van der Waals surface area contributed by atoms with Gasteiger partial charge >= 0.3 is 5.97 Å². The molecule has 116 valence electrons. The van der Waals surface area contributed by atoms with Crippen LogP contribution in [0.3, 0.4) is 0 Å². The van der Waals surface area contributed by atoms with E-state index >= 15 is 0 Å². The van der Waals surface area contributed by atoms with Gasteiger partial charge in [-0.15, -0.1) is 0 Å². The van der Waals surface area contributed by atoms with Crippen LogP contribution >= 0.6 is 0 Å². The Bertz CT molecular complexity index is 302. The molecule has 2 saturated carbocycles. The normalized spacial score (nSPS) is 29.9. The van der Waals surface area contributed by atoms with Crippen molar-refractivity contribution >= 4 is 5.97 Å². The Kier molecular flexibility index (Phi) is 5.85. The summed E-state index contributed by atoms with van der Waals surface area (Å²) in [7, 11) is 0. The molecule has 2 aliphatic rings. The second-order valence-electron chi connectivity index (χ2n) is 6.67. The van der Waals surface area contributed by atoms with E-state index < -0.39 is 5.41 Å². The minimum absolute atomic E-state index is 0.0803. The zero-order chi connectivity index (χ0) is 14.4. The largest absolute Gasteiger partial charge is 0.465 e. The van der Waals surface area contributed by atoms with Crippen LogP contribution in [-0.4, -0.2) is 36.0 Å². The molecule has 0 heterocycles. The summed E-state index contributed by atoms with van der Waals surface area (Å²) in [6.07, 6.45) is 8.83. The lowest BCUT2D eigenvalue weighted by molar-refractivity contribution is -0.163. The summed E-state index contributed by atoms with van der Waals surface area (Å²) in [4.78, 5) is 12.3. The number of rotatable bonds is 5. The molecule has 0 aromatic carbocycles. The molecule has 4 heteroatoms. The molecule has 2 fully saturated rings. The van der Waals surface area contributed by atoms with Crippen LogP contribution in [0.1, 0.15) is 57.8 Å². The van der Waals surface area contributed by atoms with Gasteiger partial charge in [-0.25, -0.2) is 0 Å². The number of carbonyl (C=O) groups is 1.